The number of carboxylic acid groups (broad SMARTS) is 1. The Morgan fingerprint density at radius 1 is 1.15 bits per heavy atom. The number of carbonyl (C=O) groups is 1. The maximum Gasteiger partial charge on any atom is 0.433 e. The molecule has 1 aromatic heterocycles. The monoisotopic (exact) mass is 285 g/mol. The molecule has 0 aliphatic rings. The van der Waals surface area contributed by atoms with Crippen molar-refractivity contribution in [3.05, 3.63) is 53.5 Å². The fraction of sp³-hybridized carbons (Fsp3) is 0.0769. The maximum atomic E-state index is 13.1. The topological polar surface area (TPSA) is 50.2 Å². The molecule has 0 aliphatic carbocycles. The SMILES string of the molecule is O=C(O)c1ccc(C(F)(F)F)nc1-c1cccc(F)c1. The second-order valence-corrected chi connectivity index (χ2v) is 3.91. The molecule has 0 aliphatic heterocycles. The number of alkyl halides is 3. The minimum atomic E-state index is -4.71. The Morgan fingerprint density at radius 3 is 2.40 bits per heavy atom. The molecule has 104 valence electrons. The van der Waals surface area contributed by atoms with Crippen molar-refractivity contribution in [2.45, 2.75) is 6.18 Å². The van der Waals surface area contributed by atoms with Crippen LogP contribution >= 0.6 is 0 Å². The standard InChI is InChI=1S/C13H7F4NO2/c14-8-3-1-2-7(6-8)11-9(12(19)20)4-5-10(18-11)13(15,16)17/h1-6H,(H,19,20). The van der Waals surface area contributed by atoms with Crippen molar-refractivity contribution in [3.63, 3.8) is 0 Å². The number of rotatable bonds is 2. The zero-order valence-electron chi connectivity index (χ0n) is 9.78. The molecule has 7 heteroatoms. The zero-order valence-corrected chi connectivity index (χ0v) is 9.78. The number of halogens is 4. The number of pyridine rings is 1. The average molecular weight is 285 g/mol. The summed E-state index contributed by atoms with van der Waals surface area (Å²) in [4.78, 5) is 14.3. The molecule has 20 heavy (non-hydrogen) atoms. The quantitative estimate of drug-likeness (QED) is 0.858. The summed E-state index contributed by atoms with van der Waals surface area (Å²) >= 11 is 0. The molecule has 0 fully saturated rings. The minimum Gasteiger partial charge on any atom is -0.478 e. The van der Waals surface area contributed by atoms with Crippen molar-refractivity contribution in [2.24, 2.45) is 0 Å². The van der Waals surface area contributed by atoms with Crippen LogP contribution in [0.4, 0.5) is 17.6 Å². The largest absolute Gasteiger partial charge is 0.478 e. The van der Waals surface area contributed by atoms with Crippen molar-refractivity contribution in [1.82, 2.24) is 4.98 Å². The van der Waals surface area contributed by atoms with Gasteiger partial charge in [0.05, 0.1) is 11.3 Å². The van der Waals surface area contributed by atoms with Crippen molar-refractivity contribution in [2.75, 3.05) is 0 Å². The first-order chi connectivity index (χ1) is 9.29. The van der Waals surface area contributed by atoms with Gasteiger partial charge in [0.1, 0.15) is 11.5 Å². The first kappa shape index (κ1) is 14.0. The summed E-state index contributed by atoms with van der Waals surface area (Å²) in [5.74, 6) is -2.14. The van der Waals surface area contributed by atoms with E-state index in [-0.39, 0.29) is 5.56 Å². The van der Waals surface area contributed by atoms with E-state index in [9.17, 15) is 22.4 Å². The second kappa shape index (κ2) is 4.92. The molecular formula is C13H7F4NO2. The summed E-state index contributed by atoms with van der Waals surface area (Å²) in [6.45, 7) is 0. The van der Waals surface area contributed by atoms with Gasteiger partial charge in [0.25, 0.3) is 0 Å². The summed E-state index contributed by atoms with van der Waals surface area (Å²) in [6.07, 6.45) is -4.71. The molecule has 0 bridgehead atoms. The highest BCUT2D eigenvalue weighted by Gasteiger charge is 2.33. The lowest BCUT2D eigenvalue weighted by Crippen LogP contribution is -2.11. The maximum absolute atomic E-state index is 13.1. The van der Waals surface area contributed by atoms with Crippen LogP contribution in [0, 0.1) is 5.82 Å². The highest BCUT2D eigenvalue weighted by molar-refractivity contribution is 5.94. The predicted octanol–water partition coefficient (Wildman–Crippen LogP) is 3.60. The van der Waals surface area contributed by atoms with Crippen molar-refractivity contribution >= 4 is 5.97 Å². The predicted molar refractivity (Wildman–Crippen MR) is 61.6 cm³/mol. The number of benzene rings is 1. The molecule has 1 heterocycles. The van der Waals surface area contributed by atoms with Gasteiger partial charge in [-0.05, 0) is 24.3 Å². The first-order valence-corrected chi connectivity index (χ1v) is 5.36. The molecule has 3 nitrogen and oxygen atoms in total. The lowest BCUT2D eigenvalue weighted by molar-refractivity contribution is -0.141. The van der Waals surface area contributed by atoms with Gasteiger partial charge in [-0.25, -0.2) is 14.2 Å². The van der Waals surface area contributed by atoms with Gasteiger partial charge >= 0.3 is 12.1 Å². The van der Waals surface area contributed by atoms with E-state index in [1.807, 2.05) is 0 Å². The molecule has 1 aromatic carbocycles. The Kier molecular flexibility index (Phi) is 3.44. The summed E-state index contributed by atoms with van der Waals surface area (Å²) in [5, 5.41) is 8.97. The number of hydrogen-bond acceptors (Lipinski definition) is 2. The van der Waals surface area contributed by atoms with Gasteiger partial charge in [-0.2, -0.15) is 13.2 Å². The van der Waals surface area contributed by atoms with Crippen LogP contribution in [0.5, 0.6) is 0 Å². The third-order valence-corrected chi connectivity index (χ3v) is 2.51. The van der Waals surface area contributed by atoms with E-state index in [0.29, 0.717) is 6.07 Å². The number of carboxylic acids is 1. The molecule has 0 unspecified atom stereocenters. The van der Waals surface area contributed by atoms with Crippen LogP contribution in [-0.2, 0) is 6.18 Å². The van der Waals surface area contributed by atoms with Crippen LogP contribution in [0.2, 0.25) is 0 Å². The van der Waals surface area contributed by atoms with Crippen LogP contribution < -0.4 is 0 Å². The first-order valence-electron chi connectivity index (χ1n) is 5.36. The van der Waals surface area contributed by atoms with Gasteiger partial charge in [-0.15, -0.1) is 0 Å². The van der Waals surface area contributed by atoms with E-state index >= 15 is 0 Å². The summed E-state index contributed by atoms with van der Waals surface area (Å²) < 4.78 is 51.0. The Labute approximate surface area is 110 Å². The van der Waals surface area contributed by atoms with Gasteiger partial charge in [0, 0.05) is 5.56 Å². The smallest absolute Gasteiger partial charge is 0.433 e. The van der Waals surface area contributed by atoms with E-state index in [0.717, 1.165) is 18.2 Å². The van der Waals surface area contributed by atoms with Gasteiger partial charge in [0.2, 0.25) is 0 Å². The van der Waals surface area contributed by atoms with Gasteiger partial charge in [-0.3, -0.25) is 0 Å². The van der Waals surface area contributed by atoms with Crippen LogP contribution in [0.15, 0.2) is 36.4 Å². The second-order valence-electron chi connectivity index (χ2n) is 3.91. The molecule has 2 aromatic rings. The summed E-state index contributed by atoms with van der Waals surface area (Å²) in [6, 6.07) is 5.95. The molecule has 0 spiro atoms. The van der Waals surface area contributed by atoms with E-state index in [4.69, 9.17) is 5.11 Å². The van der Waals surface area contributed by atoms with E-state index in [1.165, 1.54) is 12.1 Å². The van der Waals surface area contributed by atoms with Crippen LogP contribution in [0.1, 0.15) is 16.1 Å². The highest BCUT2D eigenvalue weighted by atomic mass is 19.4. The molecule has 0 saturated carbocycles. The molecule has 0 saturated heterocycles. The van der Waals surface area contributed by atoms with E-state index < -0.39 is 34.9 Å². The Morgan fingerprint density at radius 2 is 1.85 bits per heavy atom. The number of aromatic carboxylic acids is 1. The fourth-order valence-electron chi connectivity index (χ4n) is 1.65. The van der Waals surface area contributed by atoms with Crippen LogP contribution in [0.25, 0.3) is 11.3 Å². The molecule has 0 radical (unpaired) electrons. The lowest BCUT2D eigenvalue weighted by atomic mass is 10.0. The third-order valence-electron chi connectivity index (χ3n) is 2.51. The summed E-state index contributed by atoms with van der Waals surface area (Å²) in [5.41, 5.74) is -2.12. The number of nitrogens with zero attached hydrogens (tertiary/aromatic N) is 1. The zero-order chi connectivity index (χ0) is 14.9. The van der Waals surface area contributed by atoms with Crippen molar-refractivity contribution < 1.29 is 27.5 Å². The number of hydrogen-bond donors (Lipinski definition) is 1. The van der Waals surface area contributed by atoms with E-state index in [2.05, 4.69) is 4.98 Å². The van der Waals surface area contributed by atoms with E-state index in [1.54, 1.807) is 0 Å². The van der Waals surface area contributed by atoms with Gasteiger partial charge in [-0.1, -0.05) is 12.1 Å². The minimum absolute atomic E-state index is 0.0338. The number of aromatic nitrogens is 1. The van der Waals surface area contributed by atoms with Crippen molar-refractivity contribution in [3.8, 4) is 11.3 Å². The molecule has 0 amide bonds. The molecule has 1 N–H and O–H groups in total. The molecular weight excluding hydrogens is 278 g/mol. The van der Waals surface area contributed by atoms with Crippen LogP contribution in [-0.4, -0.2) is 16.1 Å². The highest BCUT2D eigenvalue weighted by Crippen LogP contribution is 2.31. The normalized spacial score (nSPS) is 11.4. The average Bonchev–Trinajstić information content (AvgIpc) is 2.37. The van der Waals surface area contributed by atoms with Crippen molar-refractivity contribution in [1.29, 1.82) is 0 Å². The molecule has 2 rings (SSSR count). The Hall–Kier alpha value is -2.44. The third kappa shape index (κ3) is 2.76. The van der Waals surface area contributed by atoms with Gasteiger partial charge < -0.3 is 5.11 Å². The van der Waals surface area contributed by atoms with Gasteiger partial charge in [0.15, 0.2) is 0 Å². The lowest BCUT2D eigenvalue weighted by Gasteiger charge is -2.10. The fourth-order valence-corrected chi connectivity index (χ4v) is 1.65. The molecule has 0 atom stereocenters. The van der Waals surface area contributed by atoms with Crippen LogP contribution in [0.3, 0.4) is 0 Å². The Balaban J connectivity index is 2.67. The summed E-state index contributed by atoms with van der Waals surface area (Å²) in [7, 11) is 0. The Bertz CT molecular complexity index is 668.